The number of primary amides is 1. The Morgan fingerprint density at radius 1 is 1.03 bits per heavy atom. The maximum Gasteiger partial charge on any atom is 0.404 e. The predicted molar refractivity (Wildman–Crippen MR) is 105 cm³/mol. The number of nitrogens with zero attached hydrogens (tertiary/aromatic N) is 3. The lowest BCUT2D eigenvalue weighted by molar-refractivity contribution is -0.141. The number of hydrogen-bond donors (Lipinski definition) is 1. The molecule has 0 radical (unpaired) electrons. The van der Waals surface area contributed by atoms with E-state index >= 15 is 0 Å². The molecule has 2 N–H and O–H groups in total. The number of rotatable bonds is 10. The van der Waals surface area contributed by atoms with Gasteiger partial charge in [0.15, 0.2) is 0 Å². The number of fused-ring (bicyclic) bond motifs is 2. The van der Waals surface area contributed by atoms with Crippen LogP contribution in [-0.2, 0) is 14.2 Å². The normalized spacial score (nSPS) is 22.0. The molecule has 2 heterocycles. The second-order valence-electron chi connectivity index (χ2n) is 7.16. The fraction of sp³-hybridized carbons (Fsp3) is 0.600. The molecular weight excluding hydrogens is 376 g/mol. The zero-order valence-corrected chi connectivity index (χ0v) is 16.5. The molecule has 1 amide bonds. The average Bonchev–Trinajstić information content (AvgIpc) is 2.70. The number of hydrogen-bond acceptors (Lipinski definition) is 8. The molecule has 0 aliphatic carbocycles. The van der Waals surface area contributed by atoms with Gasteiger partial charge >= 0.3 is 6.09 Å². The third-order valence-electron chi connectivity index (χ3n) is 4.92. The summed E-state index contributed by atoms with van der Waals surface area (Å²) >= 11 is 0. The van der Waals surface area contributed by atoms with Crippen molar-refractivity contribution >= 4 is 6.09 Å². The van der Waals surface area contributed by atoms with Crippen LogP contribution in [0.5, 0.6) is 5.75 Å². The minimum Gasteiger partial charge on any atom is -0.491 e. The summed E-state index contributed by atoms with van der Waals surface area (Å²) in [6.07, 6.45) is -0.404. The first kappa shape index (κ1) is 21.3. The molecule has 9 heteroatoms. The Bertz CT molecular complexity index is 679. The Balaban J connectivity index is 1.26. The number of morpholine rings is 2. The van der Waals surface area contributed by atoms with Crippen LogP contribution in [0.1, 0.15) is 5.56 Å². The molecule has 1 aromatic carbocycles. The van der Waals surface area contributed by atoms with Crippen molar-refractivity contribution in [2.24, 2.45) is 5.73 Å². The van der Waals surface area contributed by atoms with Crippen LogP contribution >= 0.6 is 0 Å². The molecule has 2 fully saturated rings. The fourth-order valence-corrected chi connectivity index (χ4v) is 3.64. The molecule has 2 saturated heterocycles. The summed E-state index contributed by atoms with van der Waals surface area (Å²) < 4.78 is 22.1. The van der Waals surface area contributed by atoms with Gasteiger partial charge in [-0.15, -0.1) is 0 Å². The maximum atomic E-state index is 10.7. The number of nitrogens with two attached hydrogens (primary N) is 1. The topological polar surface area (TPSA) is 110 Å². The van der Waals surface area contributed by atoms with E-state index in [-0.39, 0.29) is 12.2 Å². The molecule has 0 aromatic heterocycles. The second kappa shape index (κ2) is 11.0. The molecule has 2 aliphatic heterocycles. The van der Waals surface area contributed by atoms with Crippen LogP contribution < -0.4 is 10.5 Å². The Morgan fingerprint density at radius 3 is 2.24 bits per heavy atom. The van der Waals surface area contributed by atoms with E-state index in [1.165, 1.54) is 0 Å². The number of nitriles is 1. The van der Waals surface area contributed by atoms with Gasteiger partial charge in [-0.2, -0.15) is 5.26 Å². The second-order valence-corrected chi connectivity index (χ2v) is 7.16. The lowest BCUT2D eigenvalue weighted by Crippen LogP contribution is -2.60. The van der Waals surface area contributed by atoms with Gasteiger partial charge < -0.3 is 24.7 Å². The summed E-state index contributed by atoms with van der Waals surface area (Å²) in [4.78, 5) is 15.3. The van der Waals surface area contributed by atoms with Crippen molar-refractivity contribution in [3.63, 3.8) is 0 Å². The minimum absolute atomic E-state index is 0.163. The highest BCUT2D eigenvalue weighted by Crippen LogP contribution is 2.18. The van der Waals surface area contributed by atoms with Crippen molar-refractivity contribution in [3.05, 3.63) is 29.8 Å². The monoisotopic (exact) mass is 404 g/mol. The van der Waals surface area contributed by atoms with E-state index in [0.717, 1.165) is 38.5 Å². The Hall–Kier alpha value is -2.38. The average molecular weight is 404 g/mol. The van der Waals surface area contributed by atoms with Crippen LogP contribution in [0.2, 0.25) is 0 Å². The third-order valence-corrected chi connectivity index (χ3v) is 4.92. The van der Waals surface area contributed by atoms with E-state index in [9.17, 15) is 4.79 Å². The first-order valence-electron chi connectivity index (χ1n) is 9.85. The third kappa shape index (κ3) is 7.18. The van der Waals surface area contributed by atoms with Gasteiger partial charge in [0.2, 0.25) is 0 Å². The summed E-state index contributed by atoms with van der Waals surface area (Å²) in [7, 11) is 0. The SMILES string of the molecule is N#Cc1ccc(OCCOCCN2CC3CN(CCOC(N)=O)CC(C2)O3)cc1. The maximum absolute atomic E-state index is 10.7. The summed E-state index contributed by atoms with van der Waals surface area (Å²) in [6.45, 7) is 6.89. The van der Waals surface area contributed by atoms with Crippen LogP contribution in [0, 0.1) is 11.3 Å². The Morgan fingerprint density at radius 2 is 1.66 bits per heavy atom. The highest BCUT2D eigenvalue weighted by molar-refractivity contribution is 5.64. The van der Waals surface area contributed by atoms with E-state index in [2.05, 4.69) is 15.9 Å². The quantitative estimate of drug-likeness (QED) is 0.559. The zero-order valence-electron chi connectivity index (χ0n) is 16.5. The van der Waals surface area contributed by atoms with Crippen LogP contribution in [0.25, 0.3) is 0 Å². The van der Waals surface area contributed by atoms with Gasteiger partial charge in [0.25, 0.3) is 0 Å². The highest BCUT2D eigenvalue weighted by Gasteiger charge is 2.34. The number of benzene rings is 1. The summed E-state index contributed by atoms with van der Waals surface area (Å²) in [5.41, 5.74) is 5.61. The largest absolute Gasteiger partial charge is 0.491 e. The van der Waals surface area contributed by atoms with Gasteiger partial charge in [0, 0.05) is 39.3 Å². The smallest absolute Gasteiger partial charge is 0.404 e. The van der Waals surface area contributed by atoms with Crippen LogP contribution in [-0.4, -0.2) is 93.8 Å². The van der Waals surface area contributed by atoms with Crippen molar-refractivity contribution < 1.29 is 23.7 Å². The molecule has 29 heavy (non-hydrogen) atoms. The van der Waals surface area contributed by atoms with Crippen LogP contribution in [0.15, 0.2) is 24.3 Å². The van der Waals surface area contributed by atoms with Crippen LogP contribution in [0.3, 0.4) is 0 Å². The van der Waals surface area contributed by atoms with E-state index in [0.29, 0.717) is 38.5 Å². The van der Waals surface area contributed by atoms with Gasteiger partial charge in [-0.25, -0.2) is 4.79 Å². The number of carbonyl (C=O) groups is 1. The van der Waals surface area contributed by atoms with E-state index in [1.54, 1.807) is 24.3 Å². The molecule has 9 nitrogen and oxygen atoms in total. The Kier molecular flexibility index (Phi) is 8.07. The molecule has 0 saturated carbocycles. The molecule has 2 bridgehead atoms. The highest BCUT2D eigenvalue weighted by atomic mass is 16.5. The van der Waals surface area contributed by atoms with Gasteiger partial charge in [0.05, 0.1) is 37.1 Å². The fourth-order valence-electron chi connectivity index (χ4n) is 3.64. The molecule has 2 aliphatic rings. The number of ether oxygens (including phenoxy) is 4. The number of amides is 1. The lowest BCUT2D eigenvalue weighted by atomic mass is 10.1. The summed E-state index contributed by atoms with van der Waals surface area (Å²) in [5.74, 6) is 0.736. The van der Waals surface area contributed by atoms with E-state index in [1.807, 2.05) is 0 Å². The molecule has 2 unspecified atom stereocenters. The van der Waals surface area contributed by atoms with Gasteiger partial charge in [-0.1, -0.05) is 0 Å². The molecular formula is C20H28N4O5. The van der Waals surface area contributed by atoms with Gasteiger partial charge in [-0.05, 0) is 24.3 Å². The summed E-state index contributed by atoms with van der Waals surface area (Å²) in [5, 5.41) is 8.78. The van der Waals surface area contributed by atoms with Crippen molar-refractivity contribution in [2.75, 3.05) is 65.7 Å². The molecule has 1 aromatic rings. The molecule has 2 atom stereocenters. The molecule has 3 rings (SSSR count). The number of carbonyl (C=O) groups excluding carboxylic acids is 1. The summed E-state index contributed by atoms with van der Waals surface area (Å²) in [6, 6.07) is 9.12. The molecule has 158 valence electrons. The van der Waals surface area contributed by atoms with Crippen LogP contribution in [0.4, 0.5) is 4.79 Å². The van der Waals surface area contributed by atoms with Crippen molar-refractivity contribution in [1.82, 2.24) is 9.80 Å². The first-order valence-corrected chi connectivity index (χ1v) is 9.85. The minimum atomic E-state index is -0.730. The standard InChI is InChI=1S/C20H28N4O5/c21-11-16-1-3-17(4-2-16)27-10-9-26-7-5-23-12-18-14-24(6-8-28-20(22)25)15-19(13-23)29-18/h1-4,18-19H,5-10,12-15H2,(H2,22,25). The van der Waals surface area contributed by atoms with Gasteiger partial charge in [0.1, 0.15) is 19.0 Å². The lowest BCUT2D eigenvalue weighted by Gasteiger charge is -2.45. The van der Waals surface area contributed by atoms with E-state index < -0.39 is 6.09 Å². The van der Waals surface area contributed by atoms with Gasteiger partial charge in [-0.3, -0.25) is 9.80 Å². The van der Waals surface area contributed by atoms with Crippen molar-refractivity contribution in [3.8, 4) is 11.8 Å². The zero-order chi connectivity index (χ0) is 20.5. The van der Waals surface area contributed by atoms with E-state index in [4.69, 9.17) is 29.9 Å². The Labute approximate surface area is 170 Å². The molecule has 0 spiro atoms. The first-order chi connectivity index (χ1) is 14.1. The van der Waals surface area contributed by atoms with Crippen molar-refractivity contribution in [1.29, 1.82) is 5.26 Å². The predicted octanol–water partition coefficient (Wildman–Crippen LogP) is 0.434. The van der Waals surface area contributed by atoms with Crippen molar-refractivity contribution in [2.45, 2.75) is 12.2 Å².